The molecule has 326 valence electrons. The van der Waals surface area contributed by atoms with Gasteiger partial charge in [-0.2, -0.15) is 0 Å². The van der Waals surface area contributed by atoms with Crippen LogP contribution in [0.5, 0.6) is 0 Å². The van der Waals surface area contributed by atoms with Gasteiger partial charge in [-0.15, -0.1) is 0 Å². The molecule has 0 aliphatic rings. The van der Waals surface area contributed by atoms with Crippen LogP contribution >= 0.6 is 15.6 Å². The minimum atomic E-state index is -4.87. The van der Waals surface area contributed by atoms with Gasteiger partial charge in [0.2, 0.25) is 0 Å². The zero-order valence-electron chi connectivity index (χ0n) is 33.8. The Bertz CT molecular complexity index is 1200. The number of allylic oxidation sites excluding steroid dienone is 6. The third kappa shape index (κ3) is 38.9. The molecule has 0 aromatic carbocycles. The Hall–Kier alpha value is -1.96. The largest absolute Gasteiger partial charge is 0.472 e. The molecule has 0 saturated carbocycles. The molecule has 4 atom stereocenters. The summed E-state index contributed by atoms with van der Waals surface area (Å²) in [7, 11) is -9.69. The van der Waals surface area contributed by atoms with Gasteiger partial charge in [-0.1, -0.05) is 120 Å². The molecule has 0 aromatic rings. The third-order valence-corrected chi connectivity index (χ3v) is 9.71. The lowest BCUT2D eigenvalue weighted by atomic mass is 10.1. The van der Waals surface area contributed by atoms with E-state index < -0.39 is 72.3 Å². The van der Waals surface area contributed by atoms with Gasteiger partial charge in [0.25, 0.3) is 0 Å². The lowest BCUT2D eigenvalue weighted by Crippen LogP contribution is -2.30. The number of phosphoric acid groups is 2. The maximum Gasteiger partial charge on any atom is 0.472 e. The van der Waals surface area contributed by atoms with E-state index in [-0.39, 0.29) is 12.8 Å². The first kappa shape index (κ1) is 54.0. The van der Waals surface area contributed by atoms with Crippen LogP contribution in [0.3, 0.4) is 0 Å². The standard InChI is InChI=1S/C40H72O14P2/c1-3-5-7-8-9-10-11-12-13-16-19-22-26-30-39(43)50-34-38(35-53-56(48,49)52-33-37(42)32-51-55(45,46)47)54-40(44)31-27-23-20-17-14-15-18-21-25-29-36(41)28-24-6-4-2/h6,10-11,18,21,24-25,29,36-38,41-42H,3-5,7-9,12-17,19-20,22-23,26-28,30-35H2,1-2H3,(H,48,49)(H2,45,46,47)/b11-10-,21-18+,24-6+,29-25+/t36?,37-,38+/m0/s1. The van der Waals surface area contributed by atoms with Crippen molar-refractivity contribution in [2.45, 2.75) is 167 Å². The Labute approximate surface area is 335 Å². The molecule has 0 rings (SSSR count). The topological polar surface area (TPSA) is 216 Å². The first-order valence-electron chi connectivity index (χ1n) is 20.4. The number of ether oxygens (including phenoxy) is 2. The maximum absolute atomic E-state index is 12.6. The highest BCUT2D eigenvalue weighted by molar-refractivity contribution is 7.47. The molecule has 0 spiro atoms. The molecule has 0 amide bonds. The molecule has 56 heavy (non-hydrogen) atoms. The minimum absolute atomic E-state index is 0.0821. The third-order valence-electron chi connectivity index (χ3n) is 8.27. The summed E-state index contributed by atoms with van der Waals surface area (Å²) < 4.78 is 47.6. The van der Waals surface area contributed by atoms with Crippen molar-refractivity contribution in [1.29, 1.82) is 0 Å². The molecule has 0 saturated heterocycles. The summed E-state index contributed by atoms with van der Waals surface area (Å²) in [5, 5.41) is 19.6. The van der Waals surface area contributed by atoms with Gasteiger partial charge >= 0.3 is 27.6 Å². The average Bonchev–Trinajstić information content (AvgIpc) is 3.15. The molecular weight excluding hydrogens is 766 g/mol. The predicted molar refractivity (Wildman–Crippen MR) is 217 cm³/mol. The summed E-state index contributed by atoms with van der Waals surface area (Å²) >= 11 is 0. The Morgan fingerprint density at radius 2 is 1.12 bits per heavy atom. The van der Waals surface area contributed by atoms with Crippen molar-refractivity contribution in [2.24, 2.45) is 0 Å². The van der Waals surface area contributed by atoms with Crippen molar-refractivity contribution >= 4 is 27.6 Å². The first-order chi connectivity index (χ1) is 26.8. The van der Waals surface area contributed by atoms with Crippen molar-refractivity contribution in [1.82, 2.24) is 0 Å². The zero-order valence-corrected chi connectivity index (χ0v) is 35.6. The highest BCUT2D eigenvalue weighted by Crippen LogP contribution is 2.43. The molecule has 0 heterocycles. The van der Waals surface area contributed by atoms with Crippen LogP contribution < -0.4 is 0 Å². The van der Waals surface area contributed by atoms with Crippen molar-refractivity contribution in [3.05, 3.63) is 48.6 Å². The van der Waals surface area contributed by atoms with E-state index in [2.05, 4.69) is 28.1 Å². The Morgan fingerprint density at radius 3 is 1.73 bits per heavy atom. The summed E-state index contributed by atoms with van der Waals surface area (Å²) in [6.07, 6.45) is 31.5. The van der Waals surface area contributed by atoms with Crippen LogP contribution in [0.4, 0.5) is 0 Å². The molecule has 5 N–H and O–H groups in total. The fourth-order valence-corrected chi connectivity index (χ4v) is 6.30. The quantitative estimate of drug-likeness (QED) is 0.0129. The van der Waals surface area contributed by atoms with Crippen LogP contribution in [-0.4, -0.2) is 81.6 Å². The van der Waals surface area contributed by atoms with E-state index in [1.807, 2.05) is 37.3 Å². The molecule has 0 aromatic heterocycles. The molecule has 16 heteroatoms. The van der Waals surface area contributed by atoms with E-state index >= 15 is 0 Å². The Morgan fingerprint density at radius 1 is 0.589 bits per heavy atom. The summed E-state index contributed by atoms with van der Waals surface area (Å²) in [5.41, 5.74) is 0. The van der Waals surface area contributed by atoms with Gasteiger partial charge in [-0.05, 0) is 64.2 Å². The number of phosphoric ester groups is 2. The molecule has 0 radical (unpaired) electrons. The second kappa shape index (κ2) is 36.1. The second-order valence-corrected chi connectivity index (χ2v) is 16.4. The van der Waals surface area contributed by atoms with Gasteiger partial charge in [0, 0.05) is 12.8 Å². The second-order valence-electron chi connectivity index (χ2n) is 13.7. The number of hydrogen-bond acceptors (Lipinski definition) is 11. The average molecular weight is 839 g/mol. The number of unbranched alkanes of at least 4 members (excludes halogenated alkanes) is 14. The van der Waals surface area contributed by atoms with Gasteiger partial charge < -0.3 is 34.4 Å². The van der Waals surface area contributed by atoms with Crippen molar-refractivity contribution < 1.29 is 66.7 Å². The monoisotopic (exact) mass is 838 g/mol. The highest BCUT2D eigenvalue weighted by Gasteiger charge is 2.28. The number of carbonyl (C=O) groups is 2. The van der Waals surface area contributed by atoms with E-state index in [9.17, 15) is 33.8 Å². The van der Waals surface area contributed by atoms with E-state index in [4.69, 9.17) is 23.8 Å². The van der Waals surface area contributed by atoms with Crippen molar-refractivity contribution in [3.63, 3.8) is 0 Å². The van der Waals surface area contributed by atoms with Crippen LogP contribution in [-0.2, 0) is 41.8 Å². The maximum atomic E-state index is 12.6. The number of aliphatic hydroxyl groups is 2. The van der Waals surface area contributed by atoms with E-state index in [0.717, 1.165) is 77.0 Å². The van der Waals surface area contributed by atoms with Crippen LogP contribution in [0.2, 0.25) is 0 Å². The first-order valence-corrected chi connectivity index (χ1v) is 23.5. The van der Waals surface area contributed by atoms with Gasteiger partial charge in [0.1, 0.15) is 12.7 Å². The molecule has 0 bridgehead atoms. The minimum Gasteiger partial charge on any atom is -0.462 e. The predicted octanol–water partition coefficient (Wildman–Crippen LogP) is 8.86. The van der Waals surface area contributed by atoms with Gasteiger partial charge in [-0.25, -0.2) is 9.13 Å². The van der Waals surface area contributed by atoms with Crippen LogP contribution in [0, 0.1) is 0 Å². The van der Waals surface area contributed by atoms with Crippen molar-refractivity contribution in [2.75, 3.05) is 26.4 Å². The number of esters is 2. The SMILES string of the molecule is CC/C=C/CC(O)/C=C/C=C/CCCCCCCC(=O)O[C@H](COC(=O)CCCCCCC/C=C\CCCCCC)COP(=O)(O)OC[C@@H](O)COP(=O)(O)O. The molecule has 0 fully saturated rings. The summed E-state index contributed by atoms with van der Waals surface area (Å²) in [4.78, 5) is 52.5. The van der Waals surface area contributed by atoms with Crippen molar-refractivity contribution in [3.8, 4) is 0 Å². The molecule has 14 nitrogen and oxygen atoms in total. The highest BCUT2D eigenvalue weighted by atomic mass is 31.2. The zero-order chi connectivity index (χ0) is 41.8. The molecule has 2 unspecified atom stereocenters. The Balaban J connectivity index is 4.64. The van der Waals surface area contributed by atoms with E-state index in [0.29, 0.717) is 19.3 Å². The summed E-state index contributed by atoms with van der Waals surface area (Å²) in [5.74, 6) is -1.10. The normalized spacial score (nSPS) is 15.2. The number of aliphatic hydroxyl groups excluding tert-OH is 2. The van der Waals surface area contributed by atoms with Crippen LogP contribution in [0.15, 0.2) is 48.6 Å². The van der Waals surface area contributed by atoms with E-state index in [1.54, 1.807) is 6.08 Å². The van der Waals surface area contributed by atoms with Crippen LogP contribution in [0.25, 0.3) is 0 Å². The molecular formula is C40H72O14P2. The molecule has 0 aliphatic carbocycles. The lowest BCUT2D eigenvalue weighted by molar-refractivity contribution is -0.161. The van der Waals surface area contributed by atoms with Gasteiger partial charge in [0.05, 0.1) is 25.9 Å². The smallest absolute Gasteiger partial charge is 0.462 e. The fourth-order valence-electron chi connectivity index (χ4n) is 5.14. The lowest BCUT2D eigenvalue weighted by Gasteiger charge is -2.20. The van der Waals surface area contributed by atoms with E-state index in [1.165, 1.54) is 25.7 Å². The van der Waals surface area contributed by atoms with Gasteiger partial charge in [0.15, 0.2) is 6.10 Å². The summed E-state index contributed by atoms with van der Waals surface area (Å²) in [6, 6.07) is 0. The summed E-state index contributed by atoms with van der Waals surface area (Å²) in [6.45, 7) is 1.47. The number of carbonyl (C=O) groups excluding carboxylic acids is 2. The van der Waals surface area contributed by atoms with Crippen LogP contribution in [0.1, 0.15) is 149 Å². The van der Waals surface area contributed by atoms with Gasteiger partial charge in [-0.3, -0.25) is 23.2 Å². The Kier molecular flexibility index (Phi) is 34.9. The number of hydrogen-bond donors (Lipinski definition) is 5. The molecule has 0 aliphatic heterocycles. The fraction of sp³-hybridized carbons (Fsp3) is 0.750. The number of rotatable bonds is 38.